The Hall–Kier alpha value is -2.62. The monoisotopic (exact) mass is 475 g/mol. The minimum absolute atomic E-state index is 0.0865. The lowest BCUT2D eigenvalue weighted by Gasteiger charge is -2.27. The molecule has 2 aromatic carbocycles. The van der Waals surface area contributed by atoms with Crippen molar-refractivity contribution in [3.63, 3.8) is 0 Å². The van der Waals surface area contributed by atoms with Gasteiger partial charge in [-0.25, -0.2) is 13.8 Å². The fraction of sp³-hybridized carbons (Fsp3) is 0.417. The molecule has 0 bridgehead atoms. The van der Waals surface area contributed by atoms with Gasteiger partial charge in [-0.3, -0.25) is 14.6 Å². The summed E-state index contributed by atoms with van der Waals surface area (Å²) >= 11 is 1.13. The number of hydrogen-bond donors (Lipinski definition) is 0. The molecule has 33 heavy (non-hydrogen) atoms. The van der Waals surface area contributed by atoms with E-state index in [0.717, 1.165) is 54.8 Å². The van der Waals surface area contributed by atoms with Gasteiger partial charge >= 0.3 is 0 Å². The number of aromatic nitrogens is 1. The SMILES string of the molecule is CCOc1ccc(CC(=O)N(CCCN2CCOCC2)c2nc3c(F)cc(F)cc3s2)cc1. The van der Waals surface area contributed by atoms with E-state index in [1.54, 1.807) is 4.90 Å². The third kappa shape index (κ3) is 6.04. The zero-order chi connectivity index (χ0) is 23.2. The van der Waals surface area contributed by atoms with Crippen LogP contribution in [-0.2, 0) is 16.0 Å². The van der Waals surface area contributed by atoms with Gasteiger partial charge in [-0.15, -0.1) is 0 Å². The van der Waals surface area contributed by atoms with Crippen LogP contribution in [0.5, 0.6) is 5.75 Å². The van der Waals surface area contributed by atoms with Gasteiger partial charge in [0.15, 0.2) is 10.9 Å². The summed E-state index contributed by atoms with van der Waals surface area (Å²) in [5, 5.41) is 0.382. The van der Waals surface area contributed by atoms with E-state index in [-0.39, 0.29) is 17.8 Å². The van der Waals surface area contributed by atoms with Crippen molar-refractivity contribution < 1.29 is 23.0 Å². The zero-order valence-electron chi connectivity index (χ0n) is 18.6. The highest BCUT2D eigenvalue weighted by atomic mass is 32.1. The molecule has 0 aliphatic carbocycles. The van der Waals surface area contributed by atoms with Gasteiger partial charge in [0.1, 0.15) is 17.1 Å². The Bertz CT molecular complexity index is 1080. The Morgan fingerprint density at radius 3 is 2.70 bits per heavy atom. The van der Waals surface area contributed by atoms with Crippen molar-refractivity contribution in [1.29, 1.82) is 0 Å². The van der Waals surface area contributed by atoms with E-state index in [1.165, 1.54) is 6.07 Å². The number of thiazole rings is 1. The number of anilines is 1. The highest BCUT2D eigenvalue weighted by Crippen LogP contribution is 2.31. The second kappa shape index (κ2) is 11.0. The highest BCUT2D eigenvalue weighted by Gasteiger charge is 2.22. The van der Waals surface area contributed by atoms with Crippen LogP contribution in [0.25, 0.3) is 10.2 Å². The number of carbonyl (C=O) groups excluding carboxylic acids is 1. The van der Waals surface area contributed by atoms with Crippen LogP contribution in [0.15, 0.2) is 36.4 Å². The molecule has 1 amide bonds. The molecule has 1 aliphatic rings. The zero-order valence-corrected chi connectivity index (χ0v) is 19.4. The molecule has 0 unspecified atom stereocenters. The largest absolute Gasteiger partial charge is 0.494 e. The molecule has 1 fully saturated rings. The molecule has 6 nitrogen and oxygen atoms in total. The molecule has 0 saturated carbocycles. The first-order chi connectivity index (χ1) is 16.0. The molecular weight excluding hydrogens is 448 g/mol. The van der Waals surface area contributed by atoms with Crippen molar-refractivity contribution in [2.75, 3.05) is 50.9 Å². The van der Waals surface area contributed by atoms with Crippen molar-refractivity contribution >= 4 is 32.6 Å². The highest BCUT2D eigenvalue weighted by molar-refractivity contribution is 7.22. The smallest absolute Gasteiger partial charge is 0.233 e. The Kier molecular flexibility index (Phi) is 7.85. The third-order valence-corrected chi connectivity index (χ3v) is 6.51. The number of hydrogen-bond acceptors (Lipinski definition) is 6. The first kappa shape index (κ1) is 23.5. The molecule has 176 valence electrons. The molecule has 0 radical (unpaired) electrons. The van der Waals surface area contributed by atoms with Crippen LogP contribution in [0.3, 0.4) is 0 Å². The summed E-state index contributed by atoms with van der Waals surface area (Å²) in [6, 6.07) is 9.47. The lowest BCUT2D eigenvalue weighted by molar-refractivity contribution is -0.118. The molecule has 1 saturated heterocycles. The van der Waals surface area contributed by atoms with Crippen LogP contribution in [0.1, 0.15) is 18.9 Å². The Labute approximate surface area is 195 Å². The lowest BCUT2D eigenvalue weighted by Crippen LogP contribution is -2.39. The van der Waals surface area contributed by atoms with Crippen molar-refractivity contribution in [3.8, 4) is 5.75 Å². The van der Waals surface area contributed by atoms with Crippen LogP contribution in [0.4, 0.5) is 13.9 Å². The normalized spacial score (nSPS) is 14.5. The summed E-state index contributed by atoms with van der Waals surface area (Å²) in [6.45, 7) is 6.91. The van der Waals surface area contributed by atoms with Gasteiger partial charge in [0.05, 0.1) is 30.9 Å². The van der Waals surface area contributed by atoms with Gasteiger partial charge in [0, 0.05) is 32.2 Å². The second-order valence-electron chi connectivity index (χ2n) is 7.84. The number of fused-ring (bicyclic) bond motifs is 1. The fourth-order valence-corrected chi connectivity index (χ4v) is 4.85. The number of ether oxygens (including phenoxy) is 2. The summed E-state index contributed by atoms with van der Waals surface area (Å²) in [6.07, 6.45) is 0.915. The Morgan fingerprint density at radius 1 is 1.21 bits per heavy atom. The van der Waals surface area contributed by atoms with Gasteiger partial charge in [0.2, 0.25) is 5.91 Å². The molecule has 2 heterocycles. The Morgan fingerprint density at radius 2 is 1.97 bits per heavy atom. The first-order valence-electron chi connectivity index (χ1n) is 11.1. The fourth-order valence-electron chi connectivity index (χ4n) is 3.81. The van der Waals surface area contributed by atoms with Crippen LogP contribution in [-0.4, -0.2) is 61.8 Å². The van der Waals surface area contributed by atoms with Gasteiger partial charge in [0.25, 0.3) is 0 Å². The van der Waals surface area contributed by atoms with Crippen molar-refractivity contribution in [2.45, 2.75) is 19.8 Å². The van der Waals surface area contributed by atoms with E-state index in [0.29, 0.717) is 36.2 Å². The average Bonchev–Trinajstić information content (AvgIpc) is 3.23. The molecule has 3 aromatic rings. The predicted octanol–water partition coefficient (Wildman–Crippen LogP) is 4.27. The maximum Gasteiger partial charge on any atom is 0.233 e. The van der Waals surface area contributed by atoms with E-state index < -0.39 is 11.6 Å². The molecule has 9 heteroatoms. The van der Waals surface area contributed by atoms with Crippen molar-refractivity contribution in [1.82, 2.24) is 9.88 Å². The van der Waals surface area contributed by atoms with Crippen LogP contribution in [0, 0.1) is 11.6 Å². The van der Waals surface area contributed by atoms with Crippen LogP contribution < -0.4 is 9.64 Å². The maximum atomic E-state index is 14.2. The average molecular weight is 476 g/mol. The van der Waals surface area contributed by atoms with Gasteiger partial charge < -0.3 is 9.47 Å². The molecule has 4 rings (SSSR count). The number of amides is 1. The number of rotatable bonds is 9. The topological polar surface area (TPSA) is 54.9 Å². The van der Waals surface area contributed by atoms with E-state index in [2.05, 4.69) is 9.88 Å². The van der Waals surface area contributed by atoms with Crippen molar-refractivity contribution in [2.24, 2.45) is 0 Å². The van der Waals surface area contributed by atoms with Gasteiger partial charge in [-0.2, -0.15) is 0 Å². The molecule has 1 aromatic heterocycles. The number of morpholine rings is 1. The van der Waals surface area contributed by atoms with E-state index in [1.807, 2.05) is 31.2 Å². The van der Waals surface area contributed by atoms with Gasteiger partial charge in [-0.1, -0.05) is 23.5 Å². The molecule has 0 spiro atoms. The van der Waals surface area contributed by atoms with E-state index >= 15 is 0 Å². The minimum atomic E-state index is -0.722. The van der Waals surface area contributed by atoms with Gasteiger partial charge in [-0.05, 0) is 37.1 Å². The van der Waals surface area contributed by atoms with E-state index in [9.17, 15) is 13.6 Å². The number of carbonyl (C=O) groups is 1. The van der Waals surface area contributed by atoms with Crippen molar-refractivity contribution in [3.05, 3.63) is 53.6 Å². The summed E-state index contributed by atoms with van der Waals surface area (Å²) < 4.78 is 39.2. The number of halogens is 2. The van der Waals surface area contributed by atoms with Crippen LogP contribution in [0.2, 0.25) is 0 Å². The number of nitrogens with zero attached hydrogens (tertiary/aromatic N) is 3. The van der Waals surface area contributed by atoms with Crippen LogP contribution >= 0.6 is 11.3 Å². The molecule has 0 N–H and O–H groups in total. The predicted molar refractivity (Wildman–Crippen MR) is 125 cm³/mol. The summed E-state index contributed by atoms with van der Waals surface area (Å²) in [4.78, 5) is 21.5. The molecular formula is C24H27F2N3O3S. The summed E-state index contributed by atoms with van der Waals surface area (Å²) in [7, 11) is 0. The summed E-state index contributed by atoms with van der Waals surface area (Å²) in [5.41, 5.74) is 0.934. The third-order valence-electron chi connectivity index (χ3n) is 5.48. The minimum Gasteiger partial charge on any atom is -0.494 e. The maximum absolute atomic E-state index is 14.2. The Balaban J connectivity index is 1.52. The first-order valence-corrected chi connectivity index (χ1v) is 11.9. The lowest BCUT2D eigenvalue weighted by atomic mass is 10.1. The quantitative estimate of drug-likeness (QED) is 0.463. The number of benzene rings is 2. The standard InChI is InChI=1S/C24H27F2N3O3S/c1-2-32-19-6-4-17(5-7-19)14-22(30)29(9-3-8-28-10-12-31-13-11-28)24-27-23-20(26)15-18(25)16-21(23)33-24/h4-7,15-16H,2-3,8-14H2,1H3. The summed E-state index contributed by atoms with van der Waals surface area (Å²) in [5.74, 6) is -0.768. The molecule has 1 aliphatic heterocycles. The molecule has 0 atom stereocenters. The second-order valence-corrected chi connectivity index (χ2v) is 8.85. The van der Waals surface area contributed by atoms with E-state index in [4.69, 9.17) is 9.47 Å².